The highest BCUT2D eigenvalue weighted by Gasteiger charge is 2.31. The zero-order valence-electron chi connectivity index (χ0n) is 30.2. The van der Waals surface area contributed by atoms with Crippen LogP contribution in [0.2, 0.25) is 0 Å². The largest absolute Gasteiger partial charge is 0.416 e. The Bertz CT molecular complexity index is 3100. The van der Waals surface area contributed by atoms with Crippen LogP contribution in [0.25, 0.3) is 88.9 Å². The average molecular weight is 775 g/mol. The minimum absolute atomic E-state index is 0.210. The molecule has 0 spiro atoms. The van der Waals surface area contributed by atoms with Gasteiger partial charge in [-0.25, -0.2) is 9.97 Å². The number of benzene rings is 7. The van der Waals surface area contributed by atoms with Crippen molar-refractivity contribution in [3.8, 4) is 45.3 Å². The fourth-order valence-corrected chi connectivity index (χ4v) is 7.87. The molecule has 0 aliphatic rings. The lowest BCUT2D eigenvalue weighted by Gasteiger charge is -2.13. The fourth-order valence-electron chi connectivity index (χ4n) is 7.87. The van der Waals surface area contributed by atoms with E-state index < -0.39 is 23.5 Å². The molecule has 10 heteroatoms. The molecule has 10 rings (SSSR count). The minimum atomic E-state index is -4.53. The number of hydrogen-bond acceptors (Lipinski definition) is 2. The third kappa shape index (κ3) is 5.96. The number of alkyl halides is 6. The van der Waals surface area contributed by atoms with E-state index in [4.69, 9.17) is 9.97 Å². The predicted molar refractivity (Wildman–Crippen MR) is 217 cm³/mol. The smallest absolute Gasteiger partial charge is 0.309 e. The van der Waals surface area contributed by atoms with Crippen LogP contribution in [0, 0.1) is 0 Å². The third-order valence-electron chi connectivity index (χ3n) is 10.6. The molecular weight excluding hydrogens is 747 g/mol. The second-order valence-electron chi connectivity index (χ2n) is 14.1. The number of para-hydroxylation sites is 3. The normalized spacial score (nSPS) is 12.3. The van der Waals surface area contributed by atoms with E-state index in [1.165, 1.54) is 24.3 Å². The summed E-state index contributed by atoms with van der Waals surface area (Å²) in [4.78, 5) is 9.76. The second-order valence-corrected chi connectivity index (χ2v) is 14.1. The second kappa shape index (κ2) is 13.2. The zero-order valence-corrected chi connectivity index (χ0v) is 30.2. The molecule has 0 aliphatic carbocycles. The Morgan fingerprint density at radius 1 is 0.345 bits per heavy atom. The molecule has 0 unspecified atom stereocenters. The molecule has 0 atom stereocenters. The van der Waals surface area contributed by atoms with Gasteiger partial charge < -0.3 is 4.57 Å². The standard InChI is InChI=1S/C48H28F6N4/c49-47(50,51)33-20-14-29(15-21-33)40-28-41(30-16-22-34(23-17-30)48(52,53)54)56-46(55-40)58-43-13-7-5-11-37(43)39-27-32(19-25-45(39)58)31-18-24-44-38(26-31)36-10-4-6-12-42(36)57(44)35-8-2-1-3-9-35/h1-28H. The van der Waals surface area contributed by atoms with Crippen LogP contribution in [-0.4, -0.2) is 19.1 Å². The van der Waals surface area contributed by atoms with Crippen LogP contribution in [0.5, 0.6) is 0 Å². The minimum Gasteiger partial charge on any atom is -0.309 e. The summed E-state index contributed by atoms with van der Waals surface area (Å²) in [6.07, 6.45) is -9.06. The number of hydrogen-bond donors (Lipinski definition) is 0. The van der Waals surface area contributed by atoms with Gasteiger partial charge in [0.05, 0.1) is 44.6 Å². The SMILES string of the molecule is FC(F)(F)c1ccc(-c2cc(-c3ccc(C(F)(F)F)cc3)nc(-n3c4ccccc4c4cc(-c5ccc6c(c5)c5ccccc5n6-c5ccccc5)ccc43)n2)cc1. The van der Waals surface area contributed by atoms with Crippen molar-refractivity contribution in [2.45, 2.75) is 12.4 Å². The molecule has 282 valence electrons. The zero-order chi connectivity index (χ0) is 39.8. The Hall–Kier alpha value is -7.20. The topological polar surface area (TPSA) is 35.6 Å². The molecule has 0 saturated heterocycles. The van der Waals surface area contributed by atoms with Crippen molar-refractivity contribution in [3.05, 3.63) is 181 Å². The van der Waals surface area contributed by atoms with E-state index in [1.54, 1.807) is 6.07 Å². The van der Waals surface area contributed by atoms with Crippen molar-refractivity contribution in [2.24, 2.45) is 0 Å². The molecule has 0 amide bonds. The highest BCUT2D eigenvalue weighted by Crippen LogP contribution is 2.39. The third-order valence-corrected chi connectivity index (χ3v) is 10.6. The van der Waals surface area contributed by atoms with Crippen molar-refractivity contribution < 1.29 is 26.3 Å². The van der Waals surface area contributed by atoms with Crippen LogP contribution in [0.3, 0.4) is 0 Å². The van der Waals surface area contributed by atoms with Crippen LogP contribution in [0.15, 0.2) is 170 Å². The molecule has 3 aromatic heterocycles. The van der Waals surface area contributed by atoms with Crippen LogP contribution in [-0.2, 0) is 12.4 Å². The van der Waals surface area contributed by atoms with Gasteiger partial charge in [-0.1, -0.05) is 91.0 Å². The van der Waals surface area contributed by atoms with E-state index in [2.05, 4.69) is 53.1 Å². The summed E-state index contributed by atoms with van der Waals surface area (Å²) in [5.74, 6) is 0.210. The van der Waals surface area contributed by atoms with Crippen LogP contribution in [0.4, 0.5) is 26.3 Å². The van der Waals surface area contributed by atoms with Gasteiger partial charge in [0.2, 0.25) is 5.95 Å². The molecule has 0 radical (unpaired) electrons. The van der Waals surface area contributed by atoms with E-state index in [1.807, 2.05) is 71.3 Å². The van der Waals surface area contributed by atoms with Crippen molar-refractivity contribution in [1.29, 1.82) is 0 Å². The Kier molecular flexibility index (Phi) is 8.02. The van der Waals surface area contributed by atoms with Gasteiger partial charge in [-0.15, -0.1) is 0 Å². The first-order valence-corrected chi connectivity index (χ1v) is 18.4. The molecule has 0 aliphatic heterocycles. The lowest BCUT2D eigenvalue weighted by atomic mass is 10.0. The Labute approximate surface area is 326 Å². The molecule has 58 heavy (non-hydrogen) atoms. The van der Waals surface area contributed by atoms with Crippen molar-refractivity contribution >= 4 is 43.6 Å². The molecule has 0 saturated carbocycles. The number of fused-ring (bicyclic) bond motifs is 6. The van der Waals surface area contributed by atoms with Gasteiger partial charge in [-0.05, 0) is 90.0 Å². The van der Waals surface area contributed by atoms with Gasteiger partial charge in [0, 0.05) is 38.4 Å². The van der Waals surface area contributed by atoms with Crippen LogP contribution < -0.4 is 0 Å². The summed E-state index contributed by atoms with van der Waals surface area (Å²) in [6.45, 7) is 0. The summed E-state index contributed by atoms with van der Waals surface area (Å²) in [5, 5.41) is 4.08. The monoisotopic (exact) mass is 774 g/mol. The molecule has 7 aromatic carbocycles. The van der Waals surface area contributed by atoms with Crippen LogP contribution in [0.1, 0.15) is 11.1 Å². The van der Waals surface area contributed by atoms with Crippen molar-refractivity contribution in [2.75, 3.05) is 0 Å². The van der Waals surface area contributed by atoms with Gasteiger partial charge in [-0.2, -0.15) is 26.3 Å². The Morgan fingerprint density at radius 3 is 1.22 bits per heavy atom. The Morgan fingerprint density at radius 2 is 0.741 bits per heavy atom. The van der Waals surface area contributed by atoms with Gasteiger partial charge >= 0.3 is 12.4 Å². The quantitative estimate of drug-likeness (QED) is 0.163. The summed E-state index contributed by atoms with van der Waals surface area (Å²) >= 11 is 0. The van der Waals surface area contributed by atoms with Gasteiger partial charge in [0.25, 0.3) is 0 Å². The van der Waals surface area contributed by atoms with E-state index in [-0.39, 0.29) is 5.95 Å². The maximum absolute atomic E-state index is 13.5. The number of aromatic nitrogens is 4. The molecule has 0 fully saturated rings. The fraction of sp³-hybridized carbons (Fsp3) is 0.0417. The molecule has 3 heterocycles. The molecule has 4 nitrogen and oxygen atoms in total. The molecular formula is C48H28F6N4. The lowest BCUT2D eigenvalue weighted by Crippen LogP contribution is -2.06. The van der Waals surface area contributed by atoms with E-state index in [0.29, 0.717) is 22.5 Å². The molecule has 10 aromatic rings. The first kappa shape index (κ1) is 35.2. The highest BCUT2D eigenvalue weighted by molar-refractivity contribution is 6.12. The number of rotatable bonds is 5. The summed E-state index contributed by atoms with van der Waals surface area (Å²) < 4.78 is 85.1. The first-order chi connectivity index (χ1) is 28.0. The summed E-state index contributed by atoms with van der Waals surface area (Å²) in [6, 6.07) is 49.8. The van der Waals surface area contributed by atoms with E-state index in [9.17, 15) is 26.3 Å². The summed E-state index contributed by atoms with van der Waals surface area (Å²) in [5.41, 5.74) is 6.57. The average Bonchev–Trinajstić information content (AvgIpc) is 3.75. The number of halogens is 6. The van der Waals surface area contributed by atoms with Gasteiger partial charge in [0.15, 0.2) is 0 Å². The van der Waals surface area contributed by atoms with Crippen LogP contribution >= 0.6 is 0 Å². The van der Waals surface area contributed by atoms with Gasteiger partial charge in [-0.3, -0.25) is 4.57 Å². The first-order valence-electron chi connectivity index (χ1n) is 18.4. The molecule has 0 N–H and O–H groups in total. The maximum atomic E-state index is 13.5. The Balaban J connectivity index is 1.14. The number of nitrogens with zero attached hydrogens (tertiary/aromatic N) is 4. The van der Waals surface area contributed by atoms with Crippen molar-refractivity contribution in [1.82, 2.24) is 19.1 Å². The predicted octanol–water partition coefficient (Wildman–Crippen LogP) is 13.7. The maximum Gasteiger partial charge on any atom is 0.416 e. The van der Waals surface area contributed by atoms with Gasteiger partial charge in [0.1, 0.15) is 0 Å². The van der Waals surface area contributed by atoms with E-state index in [0.717, 1.165) is 84.7 Å². The molecule has 0 bridgehead atoms. The lowest BCUT2D eigenvalue weighted by molar-refractivity contribution is -0.138. The summed E-state index contributed by atoms with van der Waals surface area (Å²) in [7, 11) is 0. The van der Waals surface area contributed by atoms with Crippen molar-refractivity contribution in [3.63, 3.8) is 0 Å². The highest BCUT2D eigenvalue weighted by atomic mass is 19.4. The van der Waals surface area contributed by atoms with E-state index >= 15 is 0 Å².